The number of nitro benzene ring substituents is 1. The van der Waals surface area contributed by atoms with Crippen LogP contribution in [0.2, 0.25) is 0 Å². The zero-order chi connectivity index (χ0) is 13.0. The Hall–Kier alpha value is -1.93. The minimum atomic E-state index is -0.488. The van der Waals surface area contributed by atoms with E-state index in [9.17, 15) is 10.1 Å². The van der Waals surface area contributed by atoms with Crippen LogP contribution in [0.3, 0.4) is 0 Å². The van der Waals surface area contributed by atoms with Gasteiger partial charge in [-0.25, -0.2) is 0 Å². The number of nitriles is 1. The van der Waals surface area contributed by atoms with Crippen LogP contribution in [0, 0.1) is 21.4 Å². The van der Waals surface area contributed by atoms with Gasteiger partial charge in [-0.05, 0) is 37.6 Å². The van der Waals surface area contributed by atoms with Crippen molar-refractivity contribution in [3.63, 3.8) is 0 Å². The second-order valence-corrected chi connectivity index (χ2v) is 4.56. The fourth-order valence-corrected chi connectivity index (χ4v) is 2.30. The van der Waals surface area contributed by atoms with Crippen LogP contribution in [0.15, 0.2) is 18.2 Å². The van der Waals surface area contributed by atoms with Crippen molar-refractivity contribution in [2.75, 3.05) is 13.1 Å². The molecule has 94 valence electrons. The minimum Gasteiger partial charge on any atom is -0.299 e. The summed E-state index contributed by atoms with van der Waals surface area (Å²) in [6.07, 6.45) is 3.65. The molecule has 2 rings (SSSR count). The zero-order valence-electron chi connectivity index (χ0n) is 10.1. The monoisotopic (exact) mass is 245 g/mol. The molecule has 18 heavy (non-hydrogen) atoms. The number of piperidine rings is 1. The zero-order valence-corrected chi connectivity index (χ0v) is 10.1. The van der Waals surface area contributed by atoms with Gasteiger partial charge in [-0.15, -0.1) is 0 Å². The summed E-state index contributed by atoms with van der Waals surface area (Å²) < 4.78 is 0. The number of likely N-dealkylation sites (tertiary alicyclic amines) is 1. The highest BCUT2D eigenvalue weighted by molar-refractivity contribution is 5.50. The highest BCUT2D eigenvalue weighted by Crippen LogP contribution is 2.21. The summed E-state index contributed by atoms with van der Waals surface area (Å²) in [7, 11) is 0. The molecular weight excluding hydrogens is 230 g/mol. The van der Waals surface area contributed by atoms with Crippen LogP contribution in [-0.2, 0) is 6.54 Å². The lowest BCUT2D eigenvalue weighted by molar-refractivity contribution is -0.385. The Kier molecular flexibility index (Phi) is 3.90. The molecule has 0 saturated carbocycles. The van der Waals surface area contributed by atoms with Crippen LogP contribution in [0.4, 0.5) is 5.69 Å². The number of rotatable bonds is 3. The van der Waals surface area contributed by atoms with E-state index in [1.807, 2.05) is 6.07 Å². The number of nitro groups is 1. The molecule has 0 aromatic heterocycles. The standard InChI is InChI=1S/C13H15N3O2/c14-9-12-5-4-11(8-13(12)16(17)18)10-15-6-2-1-3-7-15/h4-5,8H,1-3,6-7,10H2. The Morgan fingerprint density at radius 3 is 2.67 bits per heavy atom. The van der Waals surface area contributed by atoms with Crippen LogP contribution in [0.1, 0.15) is 30.4 Å². The van der Waals surface area contributed by atoms with Crippen molar-refractivity contribution < 1.29 is 4.92 Å². The highest BCUT2D eigenvalue weighted by atomic mass is 16.6. The third-order valence-electron chi connectivity index (χ3n) is 3.23. The van der Waals surface area contributed by atoms with E-state index in [2.05, 4.69) is 4.90 Å². The molecule has 0 radical (unpaired) electrons. The molecule has 0 amide bonds. The van der Waals surface area contributed by atoms with E-state index >= 15 is 0 Å². The predicted molar refractivity (Wildman–Crippen MR) is 66.9 cm³/mol. The molecule has 0 unspecified atom stereocenters. The van der Waals surface area contributed by atoms with E-state index in [1.54, 1.807) is 6.07 Å². The van der Waals surface area contributed by atoms with E-state index in [1.165, 1.54) is 31.4 Å². The van der Waals surface area contributed by atoms with Gasteiger partial charge >= 0.3 is 0 Å². The lowest BCUT2D eigenvalue weighted by atomic mass is 10.1. The van der Waals surface area contributed by atoms with Crippen molar-refractivity contribution in [2.45, 2.75) is 25.8 Å². The summed E-state index contributed by atoms with van der Waals surface area (Å²) in [4.78, 5) is 12.7. The van der Waals surface area contributed by atoms with E-state index in [0.29, 0.717) is 0 Å². The molecule has 1 aromatic rings. The Morgan fingerprint density at radius 2 is 2.06 bits per heavy atom. The summed E-state index contributed by atoms with van der Waals surface area (Å²) >= 11 is 0. The van der Waals surface area contributed by atoms with Gasteiger partial charge in [0.1, 0.15) is 11.6 Å². The largest absolute Gasteiger partial charge is 0.299 e. The van der Waals surface area contributed by atoms with Crippen molar-refractivity contribution in [3.05, 3.63) is 39.4 Å². The fourth-order valence-electron chi connectivity index (χ4n) is 2.30. The minimum absolute atomic E-state index is 0.0907. The molecule has 1 heterocycles. The first-order valence-corrected chi connectivity index (χ1v) is 6.10. The van der Waals surface area contributed by atoms with E-state index in [0.717, 1.165) is 25.2 Å². The lowest BCUT2D eigenvalue weighted by Gasteiger charge is -2.26. The first-order chi connectivity index (χ1) is 8.70. The number of hydrogen-bond donors (Lipinski definition) is 0. The number of benzene rings is 1. The molecule has 1 fully saturated rings. The van der Waals surface area contributed by atoms with E-state index in [4.69, 9.17) is 5.26 Å². The van der Waals surface area contributed by atoms with Crippen molar-refractivity contribution >= 4 is 5.69 Å². The molecular formula is C13H15N3O2. The molecule has 0 aliphatic carbocycles. The molecule has 0 atom stereocenters. The number of nitrogens with zero attached hydrogens (tertiary/aromatic N) is 3. The van der Waals surface area contributed by atoms with Gasteiger partial charge in [-0.2, -0.15) is 5.26 Å². The van der Waals surface area contributed by atoms with Gasteiger partial charge in [-0.1, -0.05) is 12.5 Å². The Bertz CT molecular complexity index is 487. The summed E-state index contributed by atoms with van der Waals surface area (Å²) in [5.74, 6) is 0. The predicted octanol–water partition coefficient (Wildman–Crippen LogP) is 2.45. The van der Waals surface area contributed by atoms with Gasteiger partial charge in [0.2, 0.25) is 0 Å². The maximum Gasteiger partial charge on any atom is 0.287 e. The summed E-state index contributed by atoms with van der Waals surface area (Å²) in [6, 6.07) is 6.72. The Labute approximate surface area is 106 Å². The summed E-state index contributed by atoms with van der Waals surface area (Å²) in [5.41, 5.74) is 0.942. The third-order valence-corrected chi connectivity index (χ3v) is 3.23. The molecule has 1 aromatic carbocycles. The van der Waals surface area contributed by atoms with Crippen molar-refractivity contribution in [1.29, 1.82) is 5.26 Å². The van der Waals surface area contributed by atoms with E-state index in [-0.39, 0.29) is 11.3 Å². The molecule has 5 heteroatoms. The van der Waals surface area contributed by atoms with Gasteiger partial charge in [-0.3, -0.25) is 15.0 Å². The summed E-state index contributed by atoms with van der Waals surface area (Å²) in [6.45, 7) is 2.83. The van der Waals surface area contributed by atoms with Crippen molar-refractivity contribution in [1.82, 2.24) is 4.90 Å². The lowest BCUT2D eigenvalue weighted by Crippen LogP contribution is -2.29. The van der Waals surface area contributed by atoms with Crippen LogP contribution in [0.25, 0.3) is 0 Å². The quantitative estimate of drug-likeness (QED) is 0.605. The van der Waals surface area contributed by atoms with Gasteiger partial charge < -0.3 is 0 Å². The summed E-state index contributed by atoms with van der Waals surface area (Å²) in [5, 5.41) is 19.7. The molecule has 1 aliphatic heterocycles. The van der Waals surface area contributed by atoms with E-state index < -0.39 is 4.92 Å². The molecule has 0 N–H and O–H groups in total. The van der Waals surface area contributed by atoms with Gasteiger partial charge in [0, 0.05) is 12.6 Å². The second kappa shape index (κ2) is 5.61. The van der Waals surface area contributed by atoms with Gasteiger partial charge in [0.25, 0.3) is 5.69 Å². The Morgan fingerprint density at radius 1 is 1.33 bits per heavy atom. The van der Waals surface area contributed by atoms with Gasteiger partial charge in [0.05, 0.1) is 4.92 Å². The average Bonchev–Trinajstić information content (AvgIpc) is 2.40. The maximum atomic E-state index is 10.9. The topological polar surface area (TPSA) is 70.2 Å². The van der Waals surface area contributed by atoms with Crippen LogP contribution in [-0.4, -0.2) is 22.9 Å². The second-order valence-electron chi connectivity index (χ2n) is 4.56. The fraction of sp³-hybridized carbons (Fsp3) is 0.462. The smallest absolute Gasteiger partial charge is 0.287 e. The Balaban J connectivity index is 2.16. The van der Waals surface area contributed by atoms with Crippen LogP contribution >= 0.6 is 0 Å². The molecule has 1 aliphatic rings. The highest BCUT2D eigenvalue weighted by Gasteiger charge is 2.16. The van der Waals surface area contributed by atoms with Crippen molar-refractivity contribution in [3.8, 4) is 6.07 Å². The van der Waals surface area contributed by atoms with Crippen LogP contribution < -0.4 is 0 Å². The van der Waals surface area contributed by atoms with Gasteiger partial charge in [0.15, 0.2) is 0 Å². The maximum absolute atomic E-state index is 10.9. The van der Waals surface area contributed by atoms with Crippen LogP contribution in [0.5, 0.6) is 0 Å². The first kappa shape index (κ1) is 12.5. The number of hydrogen-bond acceptors (Lipinski definition) is 4. The molecule has 5 nitrogen and oxygen atoms in total. The first-order valence-electron chi connectivity index (χ1n) is 6.10. The van der Waals surface area contributed by atoms with Crippen molar-refractivity contribution in [2.24, 2.45) is 0 Å². The third kappa shape index (κ3) is 2.84. The SMILES string of the molecule is N#Cc1ccc(CN2CCCCC2)cc1[N+](=O)[O-]. The molecule has 1 saturated heterocycles. The average molecular weight is 245 g/mol. The molecule has 0 spiro atoms. The molecule has 0 bridgehead atoms. The normalized spacial score (nSPS) is 16.2.